The second-order valence-electron chi connectivity index (χ2n) is 4.15. The molecule has 0 saturated carbocycles. The molecule has 0 spiro atoms. The van der Waals surface area contributed by atoms with E-state index < -0.39 is 10.0 Å². The zero-order chi connectivity index (χ0) is 13.1. The van der Waals surface area contributed by atoms with Crippen LogP contribution in [0.15, 0.2) is 0 Å². The number of rotatable bonds is 4. The molecular weight excluding hydrogens is 244 g/mol. The molecule has 0 amide bonds. The van der Waals surface area contributed by atoms with Crippen LogP contribution in [0.1, 0.15) is 13.3 Å². The number of carbonyl (C=O) groups excluding carboxylic acids is 1. The zero-order valence-electron chi connectivity index (χ0n) is 10.5. The molecular formula is C10H20N2O4S. The van der Waals surface area contributed by atoms with Crippen molar-refractivity contribution in [3.63, 3.8) is 0 Å². The standard InChI is InChI=1S/C10H20N2O4S/c1-4-9(10(13)16-2)11-5-7-12(8-6-11)17(3,14)15/h9H,4-8H2,1-3H3. The van der Waals surface area contributed by atoms with Crippen LogP contribution < -0.4 is 0 Å². The summed E-state index contributed by atoms with van der Waals surface area (Å²) in [5, 5.41) is 0. The van der Waals surface area contributed by atoms with Gasteiger partial charge in [0.05, 0.1) is 13.4 Å². The quantitative estimate of drug-likeness (QED) is 0.641. The number of esters is 1. The lowest BCUT2D eigenvalue weighted by Gasteiger charge is -2.36. The minimum absolute atomic E-state index is 0.250. The molecule has 1 atom stereocenters. The minimum atomic E-state index is -3.12. The molecule has 1 aliphatic rings. The molecule has 0 N–H and O–H groups in total. The number of sulfonamides is 1. The number of ether oxygens (including phenoxy) is 1. The van der Waals surface area contributed by atoms with Crippen molar-refractivity contribution in [2.24, 2.45) is 0 Å². The highest BCUT2D eigenvalue weighted by atomic mass is 32.2. The maximum atomic E-state index is 11.5. The third kappa shape index (κ3) is 3.65. The fourth-order valence-electron chi connectivity index (χ4n) is 2.06. The van der Waals surface area contributed by atoms with E-state index in [9.17, 15) is 13.2 Å². The van der Waals surface area contributed by atoms with E-state index in [1.54, 1.807) is 0 Å². The Labute approximate surface area is 103 Å². The Kier molecular flexibility index (Phi) is 4.91. The Morgan fingerprint density at radius 1 is 1.29 bits per heavy atom. The molecule has 0 bridgehead atoms. The molecule has 1 rings (SSSR count). The Morgan fingerprint density at radius 3 is 2.18 bits per heavy atom. The van der Waals surface area contributed by atoms with Crippen LogP contribution in [0.3, 0.4) is 0 Å². The normalized spacial score (nSPS) is 21.1. The van der Waals surface area contributed by atoms with Gasteiger partial charge in [-0.15, -0.1) is 0 Å². The molecule has 0 radical (unpaired) electrons. The van der Waals surface area contributed by atoms with Crippen molar-refractivity contribution in [3.8, 4) is 0 Å². The highest BCUT2D eigenvalue weighted by Crippen LogP contribution is 2.12. The molecule has 0 aromatic rings. The van der Waals surface area contributed by atoms with Crippen LogP contribution in [-0.2, 0) is 19.6 Å². The van der Waals surface area contributed by atoms with E-state index in [2.05, 4.69) is 0 Å². The summed E-state index contributed by atoms with van der Waals surface area (Å²) in [6.07, 6.45) is 1.88. The maximum Gasteiger partial charge on any atom is 0.323 e. The SMILES string of the molecule is CCC(C(=O)OC)N1CCN(S(C)(=O)=O)CC1. The molecule has 100 valence electrons. The molecule has 6 nitrogen and oxygen atoms in total. The van der Waals surface area contributed by atoms with Gasteiger partial charge in [-0.05, 0) is 6.42 Å². The molecule has 7 heteroatoms. The number of hydrogen-bond donors (Lipinski definition) is 0. The van der Waals surface area contributed by atoms with Crippen molar-refractivity contribution < 1.29 is 17.9 Å². The van der Waals surface area contributed by atoms with Gasteiger partial charge in [0.25, 0.3) is 0 Å². The van der Waals surface area contributed by atoms with E-state index in [1.165, 1.54) is 17.7 Å². The topological polar surface area (TPSA) is 66.9 Å². The summed E-state index contributed by atoms with van der Waals surface area (Å²) in [5.74, 6) is -0.250. The molecule has 1 fully saturated rings. The lowest BCUT2D eigenvalue weighted by Crippen LogP contribution is -2.53. The first kappa shape index (κ1) is 14.4. The highest BCUT2D eigenvalue weighted by Gasteiger charge is 2.30. The predicted molar refractivity (Wildman–Crippen MR) is 64.1 cm³/mol. The van der Waals surface area contributed by atoms with Crippen LogP contribution in [-0.4, -0.2) is 69.2 Å². The lowest BCUT2D eigenvalue weighted by atomic mass is 10.1. The summed E-state index contributed by atoms with van der Waals surface area (Å²) in [6, 6.07) is -0.262. The van der Waals surface area contributed by atoms with Crippen molar-refractivity contribution in [3.05, 3.63) is 0 Å². The summed E-state index contributed by atoms with van der Waals surface area (Å²) in [6.45, 7) is 3.94. The van der Waals surface area contributed by atoms with Gasteiger partial charge in [-0.3, -0.25) is 9.69 Å². The first-order chi connectivity index (χ1) is 7.90. The molecule has 1 heterocycles. The zero-order valence-corrected chi connectivity index (χ0v) is 11.4. The summed E-state index contributed by atoms with van der Waals surface area (Å²) in [4.78, 5) is 13.5. The number of carbonyl (C=O) groups is 1. The first-order valence-electron chi connectivity index (χ1n) is 5.67. The highest BCUT2D eigenvalue weighted by molar-refractivity contribution is 7.88. The van der Waals surface area contributed by atoms with Gasteiger partial charge in [0.1, 0.15) is 6.04 Å². The van der Waals surface area contributed by atoms with Gasteiger partial charge in [-0.1, -0.05) is 6.92 Å². The van der Waals surface area contributed by atoms with E-state index in [0.29, 0.717) is 32.6 Å². The van der Waals surface area contributed by atoms with Gasteiger partial charge in [0.15, 0.2) is 0 Å². The van der Waals surface area contributed by atoms with Crippen molar-refractivity contribution in [2.45, 2.75) is 19.4 Å². The Balaban J connectivity index is 2.59. The van der Waals surface area contributed by atoms with Crippen molar-refractivity contribution in [1.29, 1.82) is 0 Å². The fraction of sp³-hybridized carbons (Fsp3) is 0.900. The van der Waals surface area contributed by atoms with Crippen LogP contribution in [0.4, 0.5) is 0 Å². The van der Waals surface area contributed by atoms with E-state index >= 15 is 0 Å². The van der Waals surface area contributed by atoms with Crippen molar-refractivity contribution in [2.75, 3.05) is 39.5 Å². The van der Waals surface area contributed by atoms with Crippen LogP contribution in [0.25, 0.3) is 0 Å². The molecule has 17 heavy (non-hydrogen) atoms. The Hall–Kier alpha value is -0.660. The molecule has 0 aromatic carbocycles. The van der Waals surface area contributed by atoms with Gasteiger partial charge in [-0.2, -0.15) is 4.31 Å². The summed E-state index contributed by atoms with van der Waals surface area (Å²) in [5.41, 5.74) is 0. The summed E-state index contributed by atoms with van der Waals surface area (Å²) in [7, 11) is -1.74. The largest absolute Gasteiger partial charge is 0.468 e. The van der Waals surface area contributed by atoms with E-state index in [1.807, 2.05) is 11.8 Å². The Bertz CT molecular complexity index is 361. The first-order valence-corrected chi connectivity index (χ1v) is 7.52. The second kappa shape index (κ2) is 5.79. The van der Waals surface area contributed by atoms with Crippen LogP contribution in [0, 0.1) is 0 Å². The monoisotopic (exact) mass is 264 g/mol. The van der Waals surface area contributed by atoms with Gasteiger partial charge < -0.3 is 4.74 Å². The molecule has 1 unspecified atom stereocenters. The number of methoxy groups -OCH3 is 1. The molecule has 0 aliphatic carbocycles. The molecule has 1 saturated heterocycles. The average molecular weight is 264 g/mol. The van der Waals surface area contributed by atoms with Crippen LogP contribution in [0.5, 0.6) is 0 Å². The molecule has 0 aromatic heterocycles. The summed E-state index contributed by atoms with van der Waals surface area (Å²) >= 11 is 0. The van der Waals surface area contributed by atoms with E-state index in [4.69, 9.17) is 4.74 Å². The lowest BCUT2D eigenvalue weighted by molar-refractivity contribution is -0.147. The average Bonchev–Trinajstić information content (AvgIpc) is 2.29. The number of nitrogens with zero attached hydrogens (tertiary/aromatic N) is 2. The third-order valence-electron chi connectivity index (χ3n) is 3.04. The van der Waals surface area contributed by atoms with Crippen LogP contribution >= 0.6 is 0 Å². The van der Waals surface area contributed by atoms with Crippen molar-refractivity contribution >= 4 is 16.0 Å². The van der Waals surface area contributed by atoms with Crippen LogP contribution in [0.2, 0.25) is 0 Å². The number of hydrogen-bond acceptors (Lipinski definition) is 5. The van der Waals surface area contributed by atoms with Gasteiger partial charge in [-0.25, -0.2) is 8.42 Å². The van der Waals surface area contributed by atoms with Crippen molar-refractivity contribution in [1.82, 2.24) is 9.21 Å². The molecule has 1 aliphatic heterocycles. The minimum Gasteiger partial charge on any atom is -0.468 e. The summed E-state index contributed by atoms with van der Waals surface area (Å²) < 4.78 is 28.9. The van der Waals surface area contributed by atoms with Gasteiger partial charge >= 0.3 is 5.97 Å². The van der Waals surface area contributed by atoms with Gasteiger partial charge in [0.2, 0.25) is 10.0 Å². The smallest absolute Gasteiger partial charge is 0.323 e. The fourth-order valence-corrected chi connectivity index (χ4v) is 2.88. The third-order valence-corrected chi connectivity index (χ3v) is 4.35. The predicted octanol–water partition coefficient (Wildman–Crippen LogP) is -0.485. The second-order valence-corrected chi connectivity index (χ2v) is 6.13. The van der Waals surface area contributed by atoms with E-state index in [-0.39, 0.29) is 12.0 Å². The maximum absolute atomic E-state index is 11.5. The van der Waals surface area contributed by atoms with Gasteiger partial charge in [0, 0.05) is 26.2 Å². The number of piperazine rings is 1. The van der Waals surface area contributed by atoms with E-state index in [0.717, 1.165) is 0 Å². The Morgan fingerprint density at radius 2 is 1.82 bits per heavy atom.